The summed E-state index contributed by atoms with van der Waals surface area (Å²) < 4.78 is 52.4. The molecule has 2 aliphatic rings. The zero-order valence-electron chi connectivity index (χ0n) is 22.3. The van der Waals surface area contributed by atoms with Gasteiger partial charge in [0, 0.05) is 46.1 Å². The van der Waals surface area contributed by atoms with Crippen molar-refractivity contribution in [3.63, 3.8) is 0 Å². The first-order valence-corrected chi connectivity index (χ1v) is 16.1. The first-order chi connectivity index (χ1) is 20.2. The van der Waals surface area contributed by atoms with E-state index in [1.165, 1.54) is 28.8 Å². The van der Waals surface area contributed by atoms with E-state index in [0.29, 0.717) is 64.9 Å². The Balaban J connectivity index is 1.32. The minimum absolute atomic E-state index is 0.153. The third-order valence-corrected chi connectivity index (χ3v) is 10.5. The molecule has 0 unspecified atom stereocenters. The van der Waals surface area contributed by atoms with E-state index in [1.807, 2.05) is 11.4 Å². The average molecular weight is 648 g/mol. The summed E-state index contributed by atoms with van der Waals surface area (Å²) in [6.07, 6.45) is 0.454. The number of sulfonamides is 1. The lowest BCUT2D eigenvalue weighted by molar-refractivity contribution is 0.0730. The van der Waals surface area contributed by atoms with E-state index in [1.54, 1.807) is 53.5 Å². The maximum Gasteiger partial charge on any atom is 0.243 e. The molecule has 0 amide bonds. The quantitative estimate of drug-likeness (QED) is 0.224. The molecule has 1 aromatic heterocycles. The number of hydrogen-bond acceptors (Lipinski definition) is 8. The van der Waals surface area contributed by atoms with Crippen LogP contribution in [0.4, 0.5) is 9.52 Å². The normalized spacial score (nSPS) is 17.9. The number of rotatable bonds is 7. The Morgan fingerprint density at radius 1 is 1.02 bits per heavy atom. The van der Waals surface area contributed by atoms with Gasteiger partial charge in [0.15, 0.2) is 11.6 Å². The smallest absolute Gasteiger partial charge is 0.243 e. The molecule has 0 saturated carbocycles. The van der Waals surface area contributed by atoms with E-state index in [-0.39, 0.29) is 16.7 Å². The Morgan fingerprint density at radius 3 is 2.45 bits per heavy atom. The number of halogens is 3. The van der Waals surface area contributed by atoms with Gasteiger partial charge in [0.25, 0.3) is 0 Å². The van der Waals surface area contributed by atoms with Gasteiger partial charge >= 0.3 is 0 Å². The predicted octanol–water partition coefficient (Wildman–Crippen LogP) is 6.64. The van der Waals surface area contributed by atoms with Gasteiger partial charge in [-0.2, -0.15) is 9.41 Å². The molecule has 1 fully saturated rings. The van der Waals surface area contributed by atoms with Crippen LogP contribution < -0.4 is 9.75 Å². The second kappa shape index (κ2) is 11.9. The predicted molar refractivity (Wildman–Crippen MR) is 163 cm³/mol. The van der Waals surface area contributed by atoms with Crippen molar-refractivity contribution in [3.05, 3.63) is 93.0 Å². The minimum Gasteiger partial charge on any atom is -0.494 e. The fraction of sp³-hybridized carbons (Fsp3) is 0.241. The molecular weight excluding hydrogens is 622 g/mol. The highest BCUT2D eigenvalue weighted by atomic mass is 35.5. The Kier molecular flexibility index (Phi) is 8.23. The van der Waals surface area contributed by atoms with Crippen molar-refractivity contribution in [2.75, 3.05) is 38.4 Å². The van der Waals surface area contributed by atoms with E-state index in [2.05, 4.69) is 0 Å². The Bertz CT molecular complexity index is 1760. The number of anilines is 1. The van der Waals surface area contributed by atoms with Gasteiger partial charge in [0.1, 0.15) is 0 Å². The maximum absolute atomic E-state index is 14.6. The van der Waals surface area contributed by atoms with Crippen LogP contribution in [0.15, 0.2) is 76.0 Å². The van der Waals surface area contributed by atoms with Gasteiger partial charge in [-0.05, 0) is 48.0 Å². The number of ether oxygens (including phenoxy) is 2. The average Bonchev–Trinajstić information content (AvgIpc) is 3.66. The first-order valence-electron chi connectivity index (χ1n) is 13.0. The van der Waals surface area contributed by atoms with Crippen LogP contribution in [0.5, 0.6) is 5.75 Å². The van der Waals surface area contributed by atoms with Crippen molar-refractivity contribution in [3.8, 4) is 17.0 Å². The molecule has 1 atom stereocenters. The monoisotopic (exact) mass is 646 g/mol. The minimum atomic E-state index is -3.60. The number of thiazole rings is 1. The molecule has 0 N–H and O–H groups in total. The van der Waals surface area contributed by atoms with Crippen LogP contribution in [0.2, 0.25) is 10.0 Å². The highest BCUT2D eigenvalue weighted by Gasteiger charge is 2.33. The van der Waals surface area contributed by atoms with Crippen molar-refractivity contribution < 1.29 is 22.3 Å². The Labute approximate surface area is 257 Å². The Morgan fingerprint density at radius 2 is 1.76 bits per heavy atom. The second-order valence-electron chi connectivity index (χ2n) is 9.68. The van der Waals surface area contributed by atoms with E-state index in [4.69, 9.17) is 42.8 Å². The van der Waals surface area contributed by atoms with Crippen LogP contribution in [0.1, 0.15) is 23.6 Å². The molecule has 4 aromatic rings. The van der Waals surface area contributed by atoms with Crippen LogP contribution >= 0.6 is 34.5 Å². The lowest BCUT2D eigenvalue weighted by Gasteiger charge is -2.26. The summed E-state index contributed by atoms with van der Waals surface area (Å²) in [4.78, 5) is 5.06. The fourth-order valence-electron chi connectivity index (χ4n) is 4.96. The number of nitrogens with zero attached hydrogens (tertiary/aromatic N) is 4. The summed E-state index contributed by atoms with van der Waals surface area (Å²) in [7, 11) is -2.18. The fourth-order valence-corrected chi connectivity index (χ4v) is 7.73. The molecule has 0 bridgehead atoms. The molecule has 0 spiro atoms. The maximum atomic E-state index is 14.6. The third-order valence-electron chi connectivity index (χ3n) is 7.16. The van der Waals surface area contributed by atoms with E-state index in [9.17, 15) is 12.8 Å². The van der Waals surface area contributed by atoms with E-state index >= 15 is 0 Å². The van der Waals surface area contributed by atoms with Gasteiger partial charge in [-0.25, -0.2) is 22.8 Å². The molecule has 6 rings (SSSR count). The standard InChI is InChI=1S/C29H25Cl2FN4O4S2/c1-39-28-9-4-19(14-24(28)32)25-16-27(22-8-5-20(30)15-23(22)31)36(34-25)29-33-26(17-41-29)18-2-6-21(7-3-18)42(37,38)35-10-12-40-13-11-35/h2-9,14-15,17,27H,10-13,16H2,1H3/t27-/m1/s1. The molecule has 8 nitrogen and oxygen atoms in total. The number of aromatic nitrogens is 1. The number of benzene rings is 3. The lowest BCUT2D eigenvalue weighted by atomic mass is 9.98. The first kappa shape index (κ1) is 29.0. The Hall–Kier alpha value is -3.06. The molecule has 3 aromatic carbocycles. The molecule has 0 radical (unpaired) electrons. The molecule has 2 aliphatic heterocycles. The van der Waals surface area contributed by atoms with Gasteiger partial charge in [-0.3, -0.25) is 0 Å². The topological polar surface area (TPSA) is 84.3 Å². The zero-order chi connectivity index (χ0) is 29.4. The molecule has 13 heteroatoms. The number of hydrogen-bond donors (Lipinski definition) is 0. The van der Waals surface area contributed by atoms with E-state index < -0.39 is 15.8 Å². The van der Waals surface area contributed by atoms with Crippen molar-refractivity contribution >= 4 is 55.4 Å². The van der Waals surface area contributed by atoms with Gasteiger partial charge in [-0.1, -0.05) is 41.4 Å². The summed E-state index contributed by atoms with van der Waals surface area (Å²) in [5, 5.41) is 10.1. The van der Waals surface area contributed by atoms with Crippen LogP contribution in [0.25, 0.3) is 11.3 Å². The second-order valence-corrected chi connectivity index (χ2v) is 13.3. The van der Waals surface area contributed by atoms with Crippen LogP contribution in [0, 0.1) is 5.82 Å². The summed E-state index contributed by atoms with van der Waals surface area (Å²) in [6, 6.07) is 16.4. The van der Waals surface area contributed by atoms with Gasteiger partial charge in [0.05, 0.1) is 42.7 Å². The zero-order valence-corrected chi connectivity index (χ0v) is 25.5. The van der Waals surface area contributed by atoms with Gasteiger partial charge in [-0.15, -0.1) is 11.3 Å². The molecule has 0 aliphatic carbocycles. The molecule has 3 heterocycles. The van der Waals surface area contributed by atoms with Gasteiger partial charge < -0.3 is 9.47 Å². The van der Waals surface area contributed by atoms with Crippen LogP contribution in [-0.2, 0) is 14.8 Å². The number of morpholine rings is 1. The molecule has 42 heavy (non-hydrogen) atoms. The van der Waals surface area contributed by atoms with Crippen molar-refractivity contribution in [2.24, 2.45) is 5.10 Å². The van der Waals surface area contributed by atoms with Crippen LogP contribution in [-0.4, -0.2) is 56.8 Å². The molecular formula is C29H25Cl2FN4O4S2. The van der Waals surface area contributed by atoms with Crippen molar-refractivity contribution in [1.29, 1.82) is 0 Å². The van der Waals surface area contributed by atoms with Gasteiger partial charge in [0.2, 0.25) is 15.2 Å². The van der Waals surface area contributed by atoms with Crippen LogP contribution in [0.3, 0.4) is 0 Å². The molecule has 218 valence electrons. The van der Waals surface area contributed by atoms with Crippen molar-refractivity contribution in [1.82, 2.24) is 9.29 Å². The summed E-state index contributed by atoms with van der Waals surface area (Å²) in [5.74, 6) is -0.326. The SMILES string of the molecule is COc1ccc(C2=NN(c3nc(-c4ccc(S(=O)(=O)N5CCOCC5)cc4)cs3)[C@@H](c3ccc(Cl)cc3Cl)C2)cc1F. The number of methoxy groups -OCH3 is 1. The highest BCUT2D eigenvalue weighted by molar-refractivity contribution is 7.89. The molecule has 1 saturated heterocycles. The summed E-state index contributed by atoms with van der Waals surface area (Å²) >= 11 is 14.2. The summed E-state index contributed by atoms with van der Waals surface area (Å²) in [5.41, 5.74) is 3.54. The largest absolute Gasteiger partial charge is 0.494 e. The number of hydrazone groups is 1. The van der Waals surface area contributed by atoms with E-state index in [0.717, 1.165) is 11.1 Å². The third kappa shape index (κ3) is 5.64. The highest BCUT2D eigenvalue weighted by Crippen LogP contribution is 2.42. The summed E-state index contributed by atoms with van der Waals surface area (Å²) in [6.45, 7) is 1.43. The lowest BCUT2D eigenvalue weighted by Crippen LogP contribution is -2.40. The van der Waals surface area contributed by atoms with Crippen molar-refractivity contribution in [2.45, 2.75) is 17.4 Å².